The fraction of sp³-hybridized carbons (Fsp3) is 0.739. The Bertz CT molecular complexity index is 643. The maximum absolute atomic E-state index is 13.0. The molecule has 1 aromatic rings. The zero-order valence-electron chi connectivity index (χ0n) is 19.7. The highest BCUT2D eigenvalue weighted by Gasteiger charge is 2.40. The van der Waals surface area contributed by atoms with Gasteiger partial charge in [0.15, 0.2) is 0 Å². The quantitative estimate of drug-likeness (QED) is 0.561. The summed E-state index contributed by atoms with van der Waals surface area (Å²) in [5, 5.41) is 1.82. The van der Waals surface area contributed by atoms with E-state index in [1.54, 1.807) is 0 Å². The summed E-state index contributed by atoms with van der Waals surface area (Å²) >= 11 is 0. The van der Waals surface area contributed by atoms with E-state index in [0.717, 1.165) is 0 Å². The Hall–Kier alpha value is -0.240. The van der Waals surface area contributed by atoms with Crippen molar-refractivity contribution in [3.8, 4) is 0 Å². The van der Waals surface area contributed by atoms with Crippen LogP contribution in [-0.2, 0) is 11.0 Å². The molecule has 2 atom stereocenters. The first-order valence-electron chi connectivity index (χ1n) is 9.94. The second kappa shape index (κ2) is 8.25. The van der Waals surface area contributed by atoms with Gasteiger partial charge in [-0.2, -0.15) is 0 Å². The average Bonchev–Trinajstić information content (AvgIpc) is 2.40. The molecule has 0 aliphatic heterocycles. The van der Waals surface area contributed by atoms with Crippen molar-refractivity contribution in [2.24, 2.45) is 5.41 Å². The van der Waals surface area contributed by atoms with Crippen LogP contribution < -0.4 is 10.0 Å². The third-order valence-electron chi connectivity index (χ3n) is 4.48. The van der Waals surface area contributed by atoms with Crippen LogP contribution in [-0.4, -0.2) is 19.3 Å². The van der Waals surface area contributed by atoms with Gasteiger partial charge in [0.05, 0.1) is 15.7 Å². The molecule has 0 saturated carbocycles. The van der Waals surface area contributed by atoms with Crippen molar-refractivity contribution in [2.45, 2.75) is 104 Å². The van der Waals surface area contributed by atoms with Gasteiger partial charge < -0.3 is 0 Å². The van der Waals surface area contributed by atoms with Crippen LogP contribution in [0.1, 0.15) is 94.7 Å². The number of nitrogens with one attached hydrogen (secondary N) is 1. The molecule has 0 aliphatic rings. The van der Waals surface area contributed by atoms with E-state index < -0.39 is 18.9 Å². The smallest absolute Gasteiger partial charge is 0.0976 e. The fourth-order valence-electron chi connectivity index (χ4n) is 3.65. The molecular formula is C23H42NOPS. The molecule has 1 rings (SSSR count). The second-order valence-electron chi connectivity index (χ2n) is 11.5. The van der Waals surface area contributed by atoms with Gasteiger partial charge in [-0.1, -0.05) is 94.5 Å². The molecule has 2 nitrogen and oxygen atoms in total. The summed E-state index contributed by atoms with van der Waals surface area (Å²) in [6.45, 7) is 26.9. The minimum Gasteiger partial charge on any atom is -0.242 e. The topological polar surface area (TPSA) is 29.1 Å². The van der Waals surface area contributed by atoms with E-state index in [-0.39, 0.29) is 26.5 Å². The molecule has 1 N–H and O–H groups in total. The van der Waals surface area contributed by atoms with Crippen LogP contribution in [0.3, 0.4) is 0 Å². The summed E-state index contributed by atoms with van der Waals surface area (Å²) in [4.78, 5) is 0. The molecule has 0 bridgehead atoms. The zero-order chi connectivity index (χ0) is 21.4. The SMILES string of the molecule is CC(C)(C)C(NS(=O)C(C)(C)C)c1ccccc1P(C(C)(C)C)C(C)(C)C. The summed E-state index contributed by atoms with van der Waals surface area (Å²) < 4.78 is 16.2. The monoisotopic (exact) mass is 411 g/mol. The maximum atomic E-state index is 13.0. The minimum atomic E-state index is -1.12. The van der Waals surface area contributed by atoms with Gasteiger partial charge in [0.2, 0.25) is 0 Å². The van der Waals surface area contributed by atoms with Gasteiger partial charge in [0.25, 0.3) is 0 Å². The Kier molecular flexibility index (Phi) is 7.57. The lowest BCUT2D eigenvalue weighted by atomic mass is 9.83. The third kappa shape index (κ3) is 6.65. The molecule has 0 radical (unpaired) electrons. The average molecular weight is 412 g/mol. The van der Waals surface area contributed by atoms with Crippen molar-refractivity contribution in [3.63, 3.8) is 0 Å². The molecule has 0 fully saturated rings. The van der Waals surface area contributed by atoms with Crippen LogP contribution in [0.2, 0.25) is 0 Å². The van der Waals surface area contributed by atoms with E-state index in [0.29, 0.717) is 0 Å². The van der Waals surface area contributed by atoms with Crippen molar-refractivity contribution >= 4 is 24.2 Å². The lowest BCUT2D eigenvalue weighted by molar-refractivity contribution is 0.308. The van der Waals surface area contributed by atoms with Crippen LogP contribution in [0.25, 0.3) is 0 Å². The molecule has 0 aromatic heterocycles. The van der Waals surface area contributed by atoms with Crippen LogP contribution in [0.5, 0.6) is 0 Å². The summed E-state index contributed by atoms with van der Waals surface area (Å²) in [6.07, 6.45) is 0. The van der Waals surface area contributed by atoms with Crippen LogP contribution in [0.15, 0.2) is 24.3 Å². The Morgan fingerprint density at radius 3 is 1.63 bits per heavy atom. The fourth-order valence-corrected chi connectivity index (χ4v) is 8.86. The molecule has 156 valence electrons. The maximum Gasteiger partial charge on any atom is 0.0976 e. The van der Waals surface area contributed by atoms with E-state index in [2.05, 4.69) is 91.3 Å². The molecule has 0 amide bonds. The van der Waals surface area contributed by atoms with Gasteiger partial charge in [0, 0.05) is 6.04 Å². The van der Waals surface area contributed by atoms with Crippen molar-refractivity contribution in [2.75, 3.05) is 0 Å². The molecule has 0 heterocycles. The predicted octanol–water partition coefficient (Wildman–Crippen LogP) is 6.53. The molecule has 2 unspecified atom stereocenters. The van der Waals surface area contributed by atoms with E-state index >= 15 is 0 Å². The van der Waals surface area contributed by atoms with Crippen LogP contribution >= 0.6 is 7.92 Å². The highest BCUT2D eigenvalue weighted by atomic mass is 32.2. The molecular weight excluding hydrogens is 369 g/mol. The van der Waals surface area contributed by atoms with Gasteiger partial charge in [0.1, 0.15) is 0 Å². The minimum absolute atomic E-state index is 0.0310. The largest absolute Gasteiger partial charge is 0.242 e. The number of hydrogen-bond acceptors (Lipinski definition) is 1. The molecule has 0 spiro atoms. The van der Waals surface area contributed by atoms with Gasteiger partial charge in [-0.15, -0.1) is 0 Å². The summed E-state index contributed by atoms with van der Waals surface area (Å²) in [5.74, 6) is 0. The highest BCUT2D eigenvalue weighted by Crippen LogP contribution is 2.59. The first kappa shape index (κ1) is 24.8. The molecule has 1 aromatic carbocycles. The zero-order valence-corrected chi connectivity index (χ0v) is 21.4. The van der Waals surface area contributed by atoms with Gasteiger partial charge in [-0.05, 0) is 47.4 Å². The number of rotatable bonds is 4. The summed E-state index contributed by atoms with van der Waals surface area (Å²) in [5.41, 5.74) is 1.26. The first-order valence-corrected chi connectivity index (χ1v) is 12.4. The van der Waals surface area contributed by atoms with E-state index in [1.165, 1.54) is 10.9 Å². The van der Waals surface area contributed by atoms with E-state index in [1.807, 2.05) is 20.8 Å². The summed E-state index contributed by atoms with van der Waals surface area (Å²) in [6, 6.07) is 8.86. The Morgan fingerprint density at radius 2 is 1.26 bits per heavy atom. The van der Waals surface area contributed by atoms with Gasteiger partial charge >= 0.3 is 0 Å². The van der Waals surface area contributed by atoms with E-state index in [4.69, 9.17) is 0 Å². The highest BCUT2D eigenvalue weighted by molar-refractivity contribution is 7.84. The molecule has 0 saturated heterocycles. The molecule has 0 aliphatic carbocycles. The number of hydrogen-bond donors (Lipinski definition) is 1. The van der Waals surface area contributed by atoms with E-state index in [9.17, 15) is 4.21 Å². The Morgan fingerprint density at radius 1 is 0.815 bits per heavy atom. The Labute approximate surface area is 172 Å². The van der Waals surface area contributed by atoms with Gasteiger partial charge in [-0.3, -0.25) is 0 Å². The standard InChI is InChI=1S/C23H42NOPS/c1-20(2,3)19(24-27(25)23(10,11)12)17-15-13-14-16-18(17)26(21(4,5)6)22(7,8)9/h13-16,19,24H,1-12H3. The van der Waals surface area contributed by atoms with Crippen molar-refractivity contribution < 1.29 is 4.21 Å². The van der Waals surface area contributed by atoms with Crippen molar-refractivity contribution in [1.82, 2.24) is 4.72 Å². The predicted molar refractivity (Wildman–Crippen MR) is 126 cm³/mol. The second-order valence-corrected chi connectivity index (χ2v) is 17.4. The van der Waals surface area contributed by atoms with Gasteiger partial charge in [-0.25, -0.2) is 8.93 Å². The van der Waals surface area contributed by atoms with Crippen molar-refractivity contribution in [3.05, 3.63) is 29.8 Å². The lowest BCUT2D eigenvalue weighted by Crippen LogP contribution is -2.43. The Balaban J connectivity index is 3.61. The normalized spacial score (nSPS) is 16.5. The van der Waals surface area contributed by atoms with Crippen LogP contribution in [0.4, 0.5) is 0 Å². The van der Waals surface area contributed by atoms with Crippen LogP contribution in [0, 0.1) is 5.41 Å². The third-order valence-corrected chi connectivity index (χ3v) is 9.61. The molecule has 4 heteroatoms. The molecule has 27 heavy (non-hydrogen) atoms. The lowest BCUT2D eigenvalue weighted by Gasteiger charge is -2.44. The number of benzene rings is 1. The van der Waals surface area contributed by atoms with Crippen molar-refractivity contribution in [1.29, 1.82) is 0 Å². The summed E-state index contributed by atoms with van der Waals surface area (Å²) in [7, 11) is -1.55. The first-order chi connectivity index (χ1) is 11.9.